The first-order valence-corrected chi connectivity index (χ1v) is 8.21. The molecule has 0 aliphatic rings. The van der Waals surface area contributed by atoms with Gasteiger partial charge in [-0.1, -0.05) is 37.7 Å². The minimum atomic E-state index is -4.34. The molecule has 0 aliphatic carbocycles. The lowest BCUT2D eigenvalue weighted by molar-refractivity contribution is -0.139. The Morgan fingerprint density at radius 3 is 2.57 bits per heavy atom. The van der Waals surface area contributed by atoms with Crippen LogP contribution >= 0.6 is 23.1 Å². The van der Waals surface area contributed by atoms with Gasteiger partial charge in [0.2, 0.25) is 0 Å². The Kier molecular flexibility index (Phi) is 5.35. The number of nitrogens with one attached hydrogen (secondary N) is 1. The molecule has 0 saturated carbocycles. The van der Waals surface area contributed by atoms with Crippen LogP contribution in [0.25, 0.3) is 0 Å². The van der Waals surface area contributed by atoms with Crippen molar-refractivity contribution < 1.29 is 13.2 Å². The second-order valence-electron chi connectivity index (χ2n) is 4.90. The van der Waals surface area contributed by atoms with Gasteiger partial charge in [-0.25, -0.2) is 0 Å². The van der Waals surface area contributed by atoms with E-state index >= 15 is 0 Å². The van der Waals surface area contributed by atoms with Gasteiger partial charge >= 0.3 is 6.18 Å². The zero-order valence-corrected chi connectivity index (χ0v) is 13.3. The first kappa shape index (κ1) is 16.4. The molecule has 0 saturated heterocycles. The monoisotopic (exact) mass is 331 g/mol. The fraction of sp³-hybridized carbons (Fsp3) is 0.333. The fourth-order valence-corrected chi connectivity index (χ4v) is 3.61. The van der Waals surface area contributed by atoms with Gasteiger partial charge in [-0.3, -0.25) is 0 Å². The van der Waals surface area contributed by atoms with Crippen LogP contribution in [0, 0.1) is 0 Å². The molecule has 1 heterocycles. The van der Waals surface area contributed by atoms with Crippen molar-refractivity contribution >= 4 is 23.1 Å². The van der Waals surface area contributed by atoms with Gasteiger partial charge in [0.15, 0.2) is 0 Å². The van der Waals surface area contributed by atoms with E-state index in [0.717, 1.165) is 16.0 Å². The van der Waals surface area contributed by atoms with Crippen LogP contribution in [-0.2, 0) is 12.7 Å². The highest BCUT2D eigenvalue weighted by Gasteiger charge is 2.34. The SMILES string of the molecule is CC(C)NCc1ccc(Sc2cccs2)c(C(F)(F)F)c1. The van der Waals surface area contributed by atoms with E-state index in [1.165, 1.54) is 17.4 Å². The predicted molar refractivity (Wildman–Crippen MR) is 81.9 cm³/mol. The van der Waals surface area contributed by atoms with Crippen LogP contribution < -0.4 is 5.32 Å². The third kappa shape index (κ3) is 4.76. The molecule has 1 aromatic carbocycles. The molecule has 0 fully saturated rings. The summed E-state index contributed by atoms with van der Waals surface area (Å²) in [6.45, 7) is 4.36. The van der Waals surface area contributed by atoms with E-state index in [4.69, 9.17) is 0 Å². The van der Waals surface area contributed by atoms with E-state index in [1.54, 1.807) is 12.1 Å². The Balaban J connectivity index is 2.27. The van der Waals surface area contributed by atoms with Gasteiger partial charge in [-0.15, -0.1) is 11.3 Å². The molecule has 2 aromatic rings. The average molecular weight is 331 g/mol. The van der Waals surface area contributed by atoms with Crippen molar-refractivity contribution in [2.75, 3.05) is 0 Å². The summed E-state index contributed by atoms with van der Waals surface area (Å²) in [5.74, 6) is 0. The molecule has 0 spiro atoms. The molecule has 0 unspecified atom stereocenters. The second kappa shape index (κ2) is 6.85. The number of hydrogen-bond acceptors (Lipinski definition) is 3. The van der Waals surface area contributed by atoms with E-state index < -0.39 is 11.7 Å². The Bertz CT molecular complexity index is 577. The molecule has 1 nitrogen and oxygen atoms in total. The van der Waals surface area contributed by atoms with E-state index in [9.17, 15) is 13.2 Å². The highest BCUT2D eigenvalue weighted by Crippen LogP contribution is 2.41. The molecule has 2 rings (SSSR count). The maximum atomic E-state index is 13.2. The van der Waals surface area contributed by atoms with Crippen LogP contribution in [0.5, 0.6) is 0 Å². The van der Waals surface area contributed by atoms with Crippen molar-refractivity contribution in [3.63, 3.8) is 0 Å². The number of alkyl halides is 3. The predicted octanol–water partition coefficient (Wildman–Crippen LogP) is 5.42. The molecule has 0 bridgehead atoms. The molecule has 114 valence electrons. The van der Waals surface area contributed by atoms with Gasteiger partial charge in [0, 0.05) is 17.5 Å². The molecule has 0 aliphatic heterocycles. The topological polar surface area (TPSA) is 12.0 Å². The number of rotatable bonds is 5. The summed E-state index contributed by atoms with van der Waals surface area (Å²) < 4.78 is 40.5. The van der Waals surface area contributed by atoms with Crippen LogP contribution in [-0.4, -0.2) is 6.04 Å². The van der Waals surface area contributed by atoms with Crippen LogP contribution in [0.1, 0.15) is 25.0 Å². The van der Waals surface area contributed by atoms with Crippen LogP contribution in [0.3, 0.4) is 0 Å². The first-order chi connectivity index (χ1) is 9.86. The summed E-state index contributed by atoms with van der Waals surface area (Å²) in [5.41, 5.74) is 0.0792. The van der Waals surface area contributed by atoms with Crippen LogP contribution in [0.15, 0.2) is 44.8 Å². The number of halogens is 3. The highest BCUT2D eigenvalue weighted by molar-refractivity contribution is 8.01. The summed E-state index contributed by atoms with van der Waals surface area (Å²) in [5, 5.41) is 4.99. The molecule has 0 amide bonds. The Labute approximate surface area is 130 Å². The van der Waals surface area contributed by atoms with E-state index in [1.807, 2.05) is 31.4 Å². The molecule has 0 radical (unpaired) electrons. The van der Waals surface area contributed by atoms with Crippen molar-refractivity contribution in [3.05, 3.63) is 46.8 Å². The summed E-state index contributed by atoms with van der Waals surface area (Å²) in [4.78, 5) is 0.248. The molecule has 21 heavy (non-hydrogen) atoms. The Morgan fingerprint density at radius 1 is 1.24 bits per heavy atom. The molecular weight excluding hydrogens is 315 g/mol. The van der Waals surface area contributed by atoms with Crippen molar-refractivity contribution in [2.45, 2.75) is 41.7 Å². The molecule has 1 N–H and O–H groups in total. The van der Waals surface area contributed by atoms with Crippen molar-refractivity contribution in [1.29, 1.82) is 0 Å². The molecular formula is C15H16F3NS2. The normalized spacial score (nSPS) is 12.1. The van der Waals surface area contributed by atoms with Gasteiger partial charge in [0.1, 0.15) is 0 Å². The quantitative estimate of drug-likeness (QED) is 0.785. The van der Waals surface area contributed by atoms with Gasteiger partial charge in [-0.2, -0.15) is 13.2 Å². The second-order valence-corrected chi connectivity index (χ2v) is 7.19. The smallest absolute Gasteiger partial charge is 0.310 e. The highest BCUT2D eigenvalue weighted by atomic mass is 32.2. The summed E-state index contributed by atoms with van der Waals surface area (Å²) >= 11 is 2.60. The maximum absolute atomic E-state index is 13.2. The fourth-order valence-electron chi connectivity index (χ4n) is 1.75. The number of thiophene rings is 1. The lowest BCUT2D eigenvalue weighted by Crippen LogP contribution is -2.22. The minimum Gasteiger partial charge on any atom is -0.310 e. The van der Waals surface area contributed by atoms with Gasteiger partial charge in [-0.05, 0) is 29.1 Å². The van der Waals surface area contributed by atoms with E-state index in [-0.39, 0.29) is 10.9 Å². The lowest BCUT2D eigenvalue weighted by atomic mass is 10.1. The standard InChI is InChI=1S/C15H16F3NS2/c1-10(2)19-9-11-5-6-13(12(8-11)15(16,17)18)21-14-4-3-7-20-14/h3-8,10,19H,9H2,1-2H3. The zero-order valence-electron chi connectivity index (χ0n) is 11.7. The molecule has 6 heteroatoms. The Morgan fingerprint density at radius 2 is 2.00 bits per heavy atom. The average Bonchev–Trinajstić information content (AvgIpc) is 2.89. The third-order valence-electron chi connectivity index (χ3n) is 2.77. The van der Waals surface area contributed by atoms with Crippen molar-refractivity contribution in [2.24, 2.45) is 0 Å². The van der Waals surface area contributed by atoms with Gasteiger partial charge in [0.05, 0.1) is 9.77 Å². The number of hydrogen-bond donors (Lipinski definition) is 1. The van der Waals surface area contributed by atoms with Crippen molar-refractivity contribution in [3.8, 4) is 0 Å². The summed E-state index contributed by atoms with van der Waals surface area (Å²) in [6.07, 6.45) is -4.34. The molecule has 1 aromatic heterocycles. The first-order valence-electron chi connectivity index (χ1n) is 6.51. The summed E-state index contributed by atoms with van der Waals surface area (Å²) in [7, 11) is 0. The lowest BCUT2D eigenvalue weighted by Gasteiger charge is -2.15. The summed E-state index contributed by atoms with van der Waals surface area (Å²) in [6, 6.07) is 8.45. The van der Waals surface area contributed by atoms with Gasteiger partial charge in [0.25, 0.3) is 0 Å². The van der Waals surface area contributed by atoms with E-state index in [0.29, 0.717) is 12.1 Å². The Hall–Kier alpha value is -0.980. The largest absolute Gasteiger partial charge is 0.417 e. The third-order valence-corrected chi connectivity index (χ3v) is 4.88. The van der Waals surface area contributed by atoms with Gasteiger partial charge < -0.3 is 5.32 Å². The molecule has 0 atom stereocenters. The van der Waals surface area contributed by atoms with Crippen LogP contribution in [0.4, 0.5) is 13.2 Å². The van der Waals surface area contributed by atoms with Crippen LogP contribution in [0.2, 0.25) is 0 Å². The number of benzene rings is 1. The van der Waals surface area contributed by atoms with Crippen molar-refractivity contribution in [1.82, 2.24) is 5.32 Å². The van der Waals surface area contributed by atoms with E-state index in [2.05, 4.69) is 5.32 Å². The zero-order chi connectivity index (χ0) is 15.5. The minimum absolute atomic E-state index is 0.236. The maximum Gasteiger partial charge on any atom is 0.417 e.